The highest BCUT2D eigenvalue weighted by Gasteiger charge is 2.14. The van der Waals surface area contributed by atoms with Crippen LogP contribution in [0.5, 0.6) is 0 Å². The molecule has 0 saturated heterocycles. The zero-order valence-corrected chi connectivity index (χ0v) is 20.0. The van der Waals surface area contributed by atoms with Gasteiger partial charge in [-0.15, -0.1) is 0 Å². The third-order valence-corrected chi connectivity index (χ3v) is 6.63. The van der Waals surface area contributed by atoms with Crippen molar-refractivity contribution in [3.8, 4) is 33.4 Å². The van der Waals surface area contributed by atoms with Crippen molar-refractivity contribution in [2.75, 3.05) is 0 Å². The van der Waals surface area contributed by atoms with Crippen molar-refractivity contribution in [1.29, 1.82) is 0 Å². The Bertz CT molecular complexity index is 1100. The van der Waals surface area contributed by atoms with E-state index in [0.717, 1.165) is 33.4 Å². The summed E-state index contributed by atoms with van der Waals surface area (Å²) in [6.07, 6.45) is 0. The van der Waals surface area contributed by atoms with Gasteiger partial charge in [0.15, 0.2) is 0 Å². The molecule has 0 amide bonds. The number of hydrogen-bond acceptors (Lipinski definition) is 0. The van der Waals surface area contributed by atoms with Gasteiger partial charge >= 0.3 is 0 Å². The van der Waals surface area contributed by atoms with E-state index in [1.165, 1.54) is 36.4 Å². The van der Waals surface area contributed by atoms with Crippen molar-refractivity contribution >= 4 is 47.8 Å². The average molecular weight is 597 g/mol. The van der Waals surface area contributed by atoms with Gasteiger partial charge in [-0.2, -0.15) is 0 Å². The molecule has 150 valence electrons. The number of benzene rings is 4. The second-order valence-corrected chi connectivity index (χ2v) is 9.23. The maximum atomic E-state index is 13.6. The van der Waals surface area contributed by atoms with E-state index in [0.29, 0.717) is 13.4 Å². The van der Waals surface area contributed by atoms with Gasteiger partial charge in [0.25, 0.3) is 0 Å². The molecule has 0 aromatic heterocycles. The van der Waals surface area contributed by atoms with E-state index in [1.807, 2.05) is 18.2 Å². The summed E-state index contributed by atoms with van der Waals surface area (Å²) < 4.78 is 42.7. The summed E-state index contributed by atoms with van der Waals surface area (Å²) in [4.78, 5) is 0. The molecule has 0 aliphatic rings. The van der Waals surface area contributed by atoms with Gasteiger partial charge in [-0.3, -0.25) is 0 Å². The van der Waals surface area contributed by atoms with E-state index >= 15 is 0 Å². The fourth-order valence-corrected chi connectivity index (χ4v) is 5.00. The van der Waals surface area contributed by atoms with Crippen LogP contribution in [0, 0.1) is 17.5 Å². The summed E-state index contributed by atoms with van der Waals surface area (Å²) >= 11 is 10.3. The minimum Gasteiger partial charge on any atom is -0.207 e. The normalized spacial score (nSPS) is 11.0. The molecular weight excluding hydrogens is 585 g/mol. The largest absolute Gasteiger partial charge is 0.207 e. The third-order valence-electron chi connectivity index (χ3n) is 4.66. The van der Waals surface area contributed by atoms with E-state index in [-0.39, 0.29) is 17.5 Å². The van der Waals surface area contributed by atoms with Crippen LogP contribution < -0.4 is 0 Å². The molecule has 0 bridgehead atoms. The van der Waals surface area contributed by atoms with Gasteiger partial charge in [-0.05, 0) is 88.0 Å². The fourth-order valence-electron chi connectivity index (χ4n) is 3.26. The molecule has 30 heavy (non-hydrogen) atoms. The lowest BCUT2D eigenvalue weighted by Crippen LogP contribution is -1.90. The molecule has 0 aliphatic carbocycles. The van der Waals surface area contributed by atoms with Crippen LogP contribution in [-0.2, 0) is 0 Å². The zero-order valence-electron chi connectivity index (χ0n) is 15.2. The molecule has 0 heterocycles. The Balaban J connectivity index is 1.98. The molecule has 0 fully saturated rings. The van der Waals surface area contributed by atoms with Gasteiger partial charge in [-0.1, -0.05) is 66.0 Å². The van der Waals surface area contributed by atoms with E-state index in [2.05, 4.69) is 47.8 Å². The minimum absolute atomic E-state index is 0.343. The quantitative estimate of drug-likeness (QED) is 0.221. The molecule has 4 aromatic rings. The highest BCUT2D eigenvalue weighted by molar-refractivity contribution is 9.11. The van der Waals surface area contributed by atoms with Crippen LogP contribution in [0.1, 0.15) is 0 Å². The van der Waals surface area contributed by atoms with Crippen molar-refractivity contribution in [3.63, 3.8) is 0 Å². The number of rotatable bonds is 3. The van der Waals surface area contributed by atoms with Crippen LogP contribution in [0.15, 0.2) is 86.2 Å². The van der Waals surface area contributed by atoms with E-state index in [4.69, 9.17) is 0 Å². The maximum absolute atomic E-state index is 13.6. The van der Waals surface area contributed by atoms with Crippen LogP contribution >= 0.6 is 47.8 Å². The Hall–Kier alpha value is -1.89. The maximum Gasteiger partial charge on any atom is 0.124 e. The summed E-state index contributed by atoms with van der Waals surface area (Å²) in [6, 6.07) is 19.4. The summed E-state index contributed by atoms with van der Waals surface area (Å²) in [7, 11) is 0. The third kappa shape index (κ3) is 4.41. The van der Waals surface area contributed by atoms with Gasteiger partial charge in [0, 0.05) is 13.4 Å². The summed E-state index contributed by atoms with van der Waals surface area (Å²) in [5, 5.41) is 0. The monoisotopic (exact) mass is 594 g/mol. The van der Waals surface area contributed by atoms with Gasteiger partial charge < -0.3 is 0 Å². The molecule has 0 unspecified atom stereocenters. The molecule has 0 aliphatic heterocycles. The molecule has 0 nitrogen and oxygen atoms in total. The van der Waals surface area contributed by atoms with Crippen molar-refractivity contribution in [3.05, 3.63) is 104 Å². The van der Waals surface area contributed by atoms with Crippen LogP contribution in [0.3, 0.4) is 0 Å². The van der Waals surface area contributed by atoms with E-state index in [1.54, 1.807) is 18.2 Å². The van der Waals surface area contributed by atoms with Crippen molar-refractivity contribution in [1.82, 2.24) is 0 Å². The smallest absolute Gasteiger partial charge is 0.124 e. The van der Waals surface area contributed by atoms with Crippen molar-refractivity contribution in [2.24, 2.45) is 0 Å². The average Bonchev–Trinajstić information content (AvgIpc) is 2.67. The van der Waals surface area contributed by atoms with Crippen molar-refractivity contribution in [2.45, 2.75) is 0 Å². The van der Waals surface area contributed by atoms with Gasteiger partial charge in [0.2, 0.25) is 0 Å². The molecular formula is C24H12Br3F3. The molecule has 4 rings (SSSR count). The molecule has 0 saturated carbocycles. The predicted molar refractivity (Wildman–Crippen MR) is 126 cm³/mol. The van der Waals surface area contributed by atoms with Crippen LogP contribution in [0.2, 0.25) is 0 Å². The second-order valence-electron chi connectivity index (χ2n) is 6.67. The fraction of sp³-hybridized carbons (Fsp3) is 0. The Morgan fingerprint density at radius 1 is 0.400 bits per heavy atom. The lowest BCUT2D eigenvalue weighted by Gasteiger charge is -2.14. The summed E-state index contributed by atoms with van der Waals surface area (Å²) in [5.41, 5.74) is 4.91. The molecule has 0 radical (unpaired) electrons. The second kappa shape index (κ2) is 8.69. The molecule has 0 N–H and O–H groups in total. The predicted octanol–water partition coefficient (Wildman–Crippen LogP) is 9.39. The summed E-state index contributed by atoms with van der Waals surface area (Å²) in [5.74, 6) is -1.03. The first-order chi connectivity index (χ1) is 14.3. The zero-order chi connectivity index (χ0) is 21.4. The topological polar surface area (TPSA) is 0 Å². The van der Waals surface area contributed by atoms with E-state index < -0.39 is 0 Å². The van der Waals surface area contributed by atoms with Crippen LogP contribution in [0.25, 0.3) is 33.4 Å². The van der Waals surface area contributed by atoms with E-state index in [9.17, 15) is 13.2 Å². The SMILES string of the molecule is Fc1ccc(-c2cc(-c3ccc(F)cc3Br)cc(-c3ccc(F)cc3Br)c2)c(Br)c1. The van der Waals surface area contributed by atoms with Gasteiger partial charge in [0.1, 0.15) is 17.5 Å². The first kappa shape index (κ1) is 21.3. The lowest BCUT2D eigenvalue weighted by atomic mass is 9.93. The van der Waals surface area contributed by atoms with Gasteiger partial charge in [0.05, 0.1) is 0 Å². The highest BCUT2D eigenvalue weighted by atomic mass is 79.9. The minimum atomic E-state index is -0.343. The first-order valence-corrected chi connectivity index (χ1v) is 11.2. The standard InChI is InChI=1S/C24H12Br3F3/c25-22-10-16(28)1-4-19(22)13-7-14(20-5-2-17(29)11-23(20)26)9-15(8-13)21-6-3-18(30)12-24(21)27/h1-12H. The Kier molecular flexibility index (Phi) is 6.19. The Morgan fingerprint density at radius 2 is 0.667 bits per heavy atom. The highest BCUT2D eigenvalue weighted by Crippen LogP contribution is 2.39. The number of halogens is 6. The lowest BCUT2D eigenvalue weighted by molar-refractivity contribution is 0.627. The van der Waals surface area contributed by atoms with Crippen LogP contribution in [-0.4, -0.2) is 0 Å². The molecule has 0 spiro atoms. The molecule has 4 aromatic carbocycles. The van der Waals surface area contributed by atoms with Gasteiger partial charge in [-0.25, -0.2) is 13.2 Å². The number of hydrogen-bond donors (Lipinski definition) is 0. The first-order valence-electron chi connectivity index (χ1n) is 8.83. The van der Waals surface area contributed by atoms with Crippen molar-refractivity contribution < 1.29 is 13.2 Å². The van der Waals surface area contributed by atoms with Crippen LogP contribution in [0.4, 0.5) is 13.2 Å². The Morgan fingerprint density at radius 3 is 0.900 bits per heavy atom. The Labute approximate surface area is 197 Å². The molecule has 6 heteroatoms. The molecule has 0 atom stereocenters. The summed E-state index contributed by atoms with van der Waals surface area (Å²) in [6.45, 7) is 0.